The summed E-state index contributed by atoms with van der Waals surface area (Å²) < 4.78 is 0. The molecule has 0 saturated heterocycles. The number of anilines is 1. The fourth-order valence-electron chi connectivity index (χ4n) is 4.30. The average molecular weight is 319 g/mol. The fourth-order valence-corrected chi connectivity index (χ4v) is 4.30. The average Bonchev–Trinajstić information content (AvgIpc) is 3.02. The number of hydrogen-bond acceptors (Lipinski definition) is 2. The summed E-state index contributed by atoms with van der Waals surface area (Å²) in [6, 6.07) is 12.0. The Morgan fingerprint density at radius 1 is 1.17 bits per heavy atom. The van der Waals surface area contributed by atoms with E-state index >= 15 is 0 Å². The molecule has 0 fully saturated rings. The summed E-state index contributed by atoms with van der Waals surface area (Å²) in [5.41, 5.74) is 6.73. The van der Waals surface area contributed by atoms with Crippen molar-refractivity contribution in [3.63, 3.8) is 0 Å². The normalized spacial score (nSPS) is 24.2. The van der Waals surface area contributed by atoms with Gasteiger partial charge in [0.05, 0.1) is 11.6 Å². The van der Waals surface area contributed by atoms with Gasteiger partial charge >= 0.3 is 5.97 Å². The predicted octanol–water partition coefficient (Wildman–Crippen LogP) is 4.83. The third-order valence-corrected chi connectivity index (χ3v) is 5.33. The first kappa shape index (κ1) is 15.0. The Morgan fingerprint density at radius 2 is 1.92 bits per heavy atom. The Labute approximate surface area is 142 Å². The van der Waals surface area contributed by atoms with Gasteiger partial charge in [0.25, 0.3) is 0 Å². The van der Waals surface area contributed by atoms with Crippen molar-refractivity contribution >= 4 is 11.7 Å². The minimum atomic E-state index is -0.879. The molecule has 0 aromatic heterocycles. The highest BCUT2D eigenvalue weighted by Gasteiger charge is 2.38. The van der Waals surface area contributed by atoms with Gasteiger partial charge in [0, 0.05) is 11.6 Å². The summed E-state index contributed by atoms with van der Waals surface area (Å²) in [6.45, 7) is 4.32. The number of aromatic carboxylic acids is 1. The zero-order chi connectivity index (χ0) is 16.8. The maximum Gasteiger partial charge on any atom is 0.335 e. The smallest absolute Gasteiger partial charge is 0.335 e. The van der Waals surface area contributed by atoms with E-state index in [1.165, 1.54) is 22.4 Å². The second-order valence-electron chi connectivity index (χ2n) is 6.95. The summed E-state index contributed by atoms with van der Waals surface area (Å²) in [7, 11) is 0. The second-order valence-corrected chi connectivity index (χ2v) is 6.95. The van der Waals surface area contributed by atoms with Crippen LogP contribution >= 0.6 is 0 Å². The minimum Gasteiger partial charge on any atom is -0.478 e. The highest BCUT2D eigenvalue weighted by molar-refractivity contribution is 5.87. The molecule has 0 bridgehead atoms. The zero-order valence-corrected chi connectivity index (χ0v) is 13.9. The molecule has 1 aliphatic heterocycles. The molecule has 0 radical (unpaired) electrons. The molecule has 0 spiro atoms. The highest BCUT2D eigenvalue weighted by Crippen LogP contribution is 2.50. The van der Waals surface area contributed by atoms with Crippen LogP contribution in [-0.4, -0.2) is 11.1 Å². The number of nitrogens with one attached hydrogen (secondary N) is 1. The van der Waals surface area contributed by atoms with Crippen molar-refractivity contribution in [1.82, 2.24) is 0 Å². The van der Waals surface area contributed by atoms with Crippen molar-refractivity contribution in [3.8, 4) is 0 Å². The molecule has 2 aliphatic rings. The number of fused-ring (bicyclic) bond motifs is 3. The number of rotatable bonds is 2. The van der Waals surface area contributed by atoms with Crippen molar-refractivity contribution < 1.29 is 9.90 Å². The molecule has 2 aromatic rings. The Kier molecular flexibility index (Phi) is 3.45. The third-order valence-electron chi connectivity index (χ3n) is 5.33. The number of aryl methyl sites for hydroxylation is 2. The van der Waals surface area contributed by atoms with Gasteiger partial charge in [-0.1, -0.05) is 30.4 Å². The molecule has 3 atom stereocenters. The van der Waals surface area contributed by atoms with E-state index in [0.29, 0.717) is 17.4 Å². The summed E-state index contributed by atoms with van der Waals surface area (Å²) in [5, 5.41) is 12.8. The van der Waals surface area contributed by atoms with Crippen LogP contribution in [0.4, 0.5) is 5.69 Å². The van der Waals surface area contributed by atoms with E-state index in [1.54, 1.807) is 12.1 Å². The lowest BCUT2D eigenvalue weighted by Crippen LogP contribution is -2.29. The van der Waals surface area contributed by atoms with Crippen LogP contribution in [0.15, 0.2) is 48.6 Å². The van der Waals surface area contributed by atoms with Crippen LogP contribution in [0, 0.1) is 19.8 Å². The zero-order valence-electron chi connectivity index (χ0n) is 13.9. The van der Waals surface area contributed by atoms with Crippen LogP contribution in [0.3, 0.4) is 0 Å². The first-order valence-electron chi connectivity index (χ1n) is 8.42. The molecular weight excluding hydrogens is 298 g/mol. The molecule has 2 N–H and O–H groups in total. The van der Waals surface area contributed by atoms with Crippen molar-refractivity contribution in [2.24, 2.45) is 5.92 Å². The summed E-state index contributed by atoms with van der Waals surface area (Å²) in [5.74, 6) is 0.0377. The maximum absolute atomic E-state index is 11.1. The topological polar surface area (TPSA) is 49.3 Å². The number of allylic oxidation sites excluding steroid dienone is 2. The van der Waals surface area contributed by atoms with Crippen molar-refractivity contribution in [2.75, 3.05) is 5.32 Å². The van der Waals surface area contributed by atoms with Crippen LogP contribution in [0.1, 0.15) is 51.0 Å². The molecule has 24 heavy (non-hydrogen) atoms. The number of carbonyl (C=O) groups is 1. The Bertz CT molecular complexity index is 836. The predicted molar refractivity (Wildman–Crippen MR) is 95.7 cm³/mol. The van der Waals surface area contributed by atoms with Gasteiger partial charge in [0.1, 0.15) is 0 Å². The monoisotopic (exact) mass is 319 g/mol. The van der Waals surface area contributed by atoms with E-state index in [0.717, 1.165) is 12.0 Å². The fraction of sp³-hybridized carbons (Fsp3) is 0.286. The molecule has 1 aliphatic carbocycles. The lowest BCUT2D eigenvalue weighted by atomic mass is 9.75. The first-order chi connectivity index (χ1) is 11.5. The van der Waals surface area contributed by atoms with Gasteiger partial charge in [-0.05, 0) is 66.6 Å². The van der Waals surface area contributed by atoms with E-state index in [1.807, 2.05) is 12.1 Å². The van der Waals surface area contributed by atoms with Crippen molar-refractivity contribution in [1.29, 1.82) is 0 Å². The molecule has 3 nitrogen and oxygen atoms in total. The molecule has 3 unspecified atom stereocenters. The van der Waals surface area contributed by atoms with Crippen molar-refractivity contribution in [3.05, 3.63) is 76.4 Å². The Morgan fingerprint density at radius 3 is 2.62 bits per heavy atom. The van der Waals surface area contributed by atoms with Crippen LogP contribution < -0.4 is 5.32 Å². The van der Waals surface area contributed by atoms with Crippen LogP contribution in [0.5, 0.6) is 0 Å². The lowest BCUT2D eigenvalue weighted by Gasteiger charge is -2.38. The number of hydrogen-bond donors (Lipinski definition) is 2. The molecule has 0 saturated carbocycles. The standard InChI is InChI=1S/C21H21NO2/c1-12-10-13(2)19-16-4-3-5-17(16)20(22-18(19)11-12)14-6-8-15(9-7-14)21(23)24/h3-4,6-11,16-17,20,22H,5H2,1-2H3,(H,23,24). The number of benzene rings is 2. The Balaban J connectivity index is 1.76. The van der Waals surface area contributed by atoms with Gasteiger partial charge in [-0.3, -0.25) is 0 Å². The summed E-state index contributed by atoms with van der Waals surface area (Å²) in [4.78, 5) is 11.1. The molecule has 3 heteroatoms. The highest BCUT2D eigenvalue weighted by atomic mass is 16.4. The van der Waals surface area contributed by atoms with Gasteiger partial charge in [0.2, 0.25) is 0 Å². The van der Waals surface area contributed by atoms with E-state index in [4.69, 9.17) is 5.11 Å². The van der Waals surface area contributed by atoms with Gasteiger partial charge < -0.3 is 10.4 Å². The quantitative estimate of drug-likeness (QED) is 0.780. The largest absolute Gasteiger partial charge is 0.478 e. The Hall–Kier alpha value is -2.55. The minimum absolute atomic E-state index is 0.210. The van der Waals surface area contributed by atoms with Crippen LogP contribution in [0.25, 0.3) is 0 Å². The van der Waals surface area contributed by atoms with Crippen molar-refractivity contribution in [2.45, 2.75) is 32.2 Å². The first-order valence-corrected chi connectivity index (χ1v) is 8.42. The third kappa shape index (κ3) is 2.32. The van der Waals surface area contributed by atoms with E-state index in [2.05, 4.69) is 43.4 Å². The van der Waals surface area contributed by atoms with E-state index in [-0.39, 0.29) is 6.04 Å². The van der Waals surface area contributed by atoms with Crippen LogP contribution in [0.2, 0.25) is 0 Å². The molecule has 0 amide bonds. The molecule has 1 heterocycles. The van der Waals surface area contributed by atoms with E-state index < -0.39 is 5.97 Å². The molecule has 122 valence electrons. The van der Waals surface area contributed by atoms with E-state index in [9.17, 15) is 4.79 Å². The molecular formula is C21H21NO2. The SMILES string of the molecule is Cc1cc(C)c2c(c1)NC(c1ccc(C(=O)O)cc1)C1CC=CC21. The summed E-state index contributed by atoms with van der Waals surface area (Å²) in [6.07, 6.45) is 5.67. The number of carboxylic acid groups (broad SMARTS) is 1. The number of carboxylic acids is 1. The van der Waals surface area contributed by atoms with Crippen LogP contribution in [-0.2, 0) is 0 Å². The van der Waals surface area contributed by atoms with Gasteiger partial charge in [-0.2, -0.15) is 0 Å². The second kappa shape index (κ2) is 5.52. The molecule has 4 rings (SSSR count). The van der Waals surface area contributed by atoms with Gasteiger partial charge in [-0.15, -0.1) is 0 Å². The molecule has 2 aromatic carbocycles. The maximum atomic E-state index is 11.1. The summed E-state index contributed by atoms with van der Waals surface area (Å²) >= 11 is 0. The lowest BCUT2D eigenvalue weighted by molar-refractivity contribution is 0.0697. The van der Waals surface area contributed by atoms with Gasteiger partial charge in [0.15, 0.2) is 0 Å². The van der Waals surface area contributed by atoms with Gasteiger partial charge in [-0.25, -0.2) is 4.79 Å².